The molecule has 0 aromatic carbocycles. The van der Waals surface area contributed by atoms with Crippen LogP contribution in [-0.2, 0) is 9.47 Å². The van der Waals surface area contributed by atoms with Crippen LogP contribution in [0.2, 0.25) is 0 Å². The first-order valence-electron chi connectivity index (χ1n) is 4.41. The van der Waals surface area contributed by atoms with Gasteiger partial charge in [0.2, 0.25) is 0 Å². The second-order valence-corrected chi connectivity index (χ2v) is 5.23. The van der Waals surface area contributed by atoms with Gasteiger partial charge in [0.15, 0.2) is 4.87 Å². The number of hydrogen-bond acceptors (Lipinski definition) is 3. The first-order chi connectivity index (χ1) is 5.95. The molecule has 3 fully saturated rings. The summed E-state index contributed by atoms with van der Waals surface area (Å²) < 4.78 is 11.3. The molecular weight excluding hydrogens is 190 g/mol. The highest BCUT2D eigenvalue weighted by molar-refractivity contribution is 6.27. The molecule has 0 aromatic rings. The van der Waals surface area contributed by atoms with Crippen molar-refractivity contribution in [2.45, 2.75) is 48.6 Å². The molecule has 0 N–H and O–H groups in total. The zero-order chi connectivity index (χ0) is 9.48. The molecule has 0 aromatic heterocycles. The number of fused-ring (bicyclic) bond motifs is 5. The van der Waals surface area contributed by atoms with E-state index in [1.165, 1.54) is 0 Å². The minimum absolute atomic E-state index is 0.0309. The molecule has 3 saturated heterocycles. The molecule has 5 atom stereocenters. The van der Waals surface area contributed by atoms with Gasteiger partial charge < -0.3 is 9.47 Å². The fourth-order valence-corrected chi connectivity index (χ4v) is 3.26. The Hall–Kier alpha value is -0.300. The smallest absolute Gasteiger partial charge is 0.164 e. The van der Waals surface area contributed by atoms with Gasteiger partial charge in [-0.3, -0.25) is 0 Å². The normalized spacial score (nSPS) is 67.5. The molecule has 13 heavy (non-hydrogen) atoms. The Morgan fingerprint density at radius 2 is 2.15 bits per heavy atom. The Balaban J connectivity index is 2.13. The van der Waals surface area contributed by atoms with Gasteiger partial charge >= 0.3 is 0 Å². The molecule has 3 heterocycles. The third-order valence-corrected chi connectivity index (χ3v) is 4.23. The number of nitrogens with zero attached hydrogens (tertiary/aromatic N) is 1. The minimum atomic E-state index is -0.903. The fourth-order valence-electron chi connectivity index (χ4n) is 2.85. The fraction of sp³-hybridized carbons (Fsp3) is 0.889. The van der Waals surface area contributed by atoms with Crippen molar-refractivity contribution >= 4 is 11.6 Å². The third-order valence-electron chi connectivity index (χ3n) is 3.64. The van der Waals surface area contributed by atoms with Crippen LogP contribution in [0.4, 0.5) is 0 Å². The first-order valence-corrected chi connectivity index (χ1v) is 4.79. The lowest BCUT2D eigenvalue weighted by atomic mass is 9.75. The lowest BCUT2D eigenvalue weighted by Gasteiger charge is -2.29. The molecular formula is C9H10ClNO2. The highest BCUT2D eigenvalue weighted by Crippen LogP contribution is 2.66. The number of alkyl halides is 1. The van der Waals surface area contributed by atoms with Crippen molar-refractivity contribution in [3.05, 3.63) is 0 Å². The Bertz CT molecular complexity index is 341. The number of rotatable bonds is 0. The van der Waals surface area contributed by atoms with E-state index < -0.39 is 10.5 Å². The van der Waals surface area contributed by atoms with Crippen LogP contribution in [0.15, 0.2) is 0 Å². The van der Waals surface area contributed by atoms with Crippen LogP contribution in [0, 0.1) is 11.3 Å². The van der Waals surface area contributed by atoms with E-state index in [1.807, 2.05) is 13.8 Å². The van der Waals surface area contributed by atoms with Crippen LogP contribution in [0.1, 0.15) is 20.3 Å². The van der Waals surface area contributed by atoms with Crippen LogP contribution in [-0.4, -0.2) is 28.3 Å². The van der Waals surface area contributed by atoms with Crippen molar-refractivity contribution in [2.75, 3.05) is 0 Å². The van der Waals surface area contributed by atoms with Gasteiger partial charge in [-0.25, -0.2) is 0 Å². The molecule has 0 saturated carbocycles. The maximum atomic E-state index is 9.05. The molecule has 3 nitrogen and oxygen atoms in total. The Morgan fingerprint density at radius 3 is 2.62 bits per heavy atom. The van der Waals surface area contributed by atoms with Crippen molar-refractivity contribution < 1.29 is 9.47 Å². The lowest BCUT2D eigenvalue weighted by Crippen LogP contribution is -2.48. The van der Waals surface area contributed by atoms with Crippen molar-refractivity contribution in [3.63, 3.8) is 0 Å². The van der Waals surface area contributed by atoms with Crippen LogP contribution < -0.4 is 0 Å². The second-order valence-electron chi connectivity index (χ2n) is 4.59. The molecule has 4 heteroatoms. The van der Waals surface area contributed by atoms with Crippen molar-refractivity contribution in [3.8, 4) is 6.07 Å². The molecule has 0 aliphatic carbocycles. The highest BCUT2D eigenvalue weighted by atomic mass is 35.5. The monoisotopic (exact) mass is 199 g/mol. The van der Waals surface area contributed by atoms with E-state index >= 15 is 0 Å². The molecule has 0 radical (unpaired) electrons. The second kappa shape index (κ2) is 1.75. The summed E-state index contributed by atoms with van der Waals surface area (Å²) in [6, 6.07) is 2.15. The Morgan fingerprint density at radius 1 is 1.46 bits per heavy atom. The zero-order valence-electron chi connectivity index (χ0n) is 7.50. The number of nitriles is 1. The molecule has 3 rings (SSSR count). The van der Waals surface area contributed by atoms with Crippen molar-refractivity contribution in [2.24, 2.45) is 0 Å². The van der Waals surface area contributed by atoms with E-state index in [9.17, 15) is 0 Å². The van der Waals surface area contributed by atoms with Gasteiger partial charge in [-0.15, -0.1) is 0 Å². The summed E-state index contributed by atoms with van der Waals surface area (Å²) in [6.07, 6.45) is 0.761. The van der Waals surface area contributed by atoms with Gasteiger partial charge in [-0.2, -0.15) is 5.26 Å². The van der Waals surface area contributed by atoms with Gasteiger partial charge in [0.05, 0.1) is 11.7 Å². The minimum Gasteiger partial charge on any atom is -0.363 e. The van der Waals surface area contributed by atoms with Crippen molar-refractivity contribution in [1.82, 2.24) is 0 Å². The first kappa shape index (κ1) is 8.05. The third kappa shape index (κ3) is 0.633. The largest absolute Gasteiger partial charge is 0.363 e. The Labute approximate surface area is 81.6 Å². The molecule has 2 bridgehead atoms. The van der Waals surface area contributed by atoms with Gasteiger partial charge in [-0.1, -0.05) is 11.6 Å². The zero-order valence-corrected chi connectivity index (χ0v) is 8.26. The van der Waals surface area contributed by atoms with E-state index in [1.54, 1.807) is 0 Å². The lowest BCUT2D eigenvalue weighted by molar-refractivity contribution is -0.0970. The summed E-state index contributed by atoms with van der Waals surface area (Å²) >= 11 is 6.24. The number of ether oxygens (including phenoxy) is 2. The molecule has 0 amide bonds. The molecule has 0 unspecified atom stereocenters. The average Bonchev–Trinajstić information content (AvgIpc) is 2.75. The van der Waals surface area contributed by atoms with Gasteiger partial charge in [0, 0.05) is 6.42 Å². The summed E-state index contributed by atoms with van der Waals surface area (Å²) in [5.41, 5.74) is -0.945. The van der Waals surface area contributed by atoms with Crippen LogP contribution >= 0.6 is 11.6 Å². The van der Waals surface area contributed by atoms with E-state index in [0.717, 1.165) is 0 Å². The highest BCUT2D eigenvalue weighted by Gasteiger charge is 2.82. The predicted octanol–water partition coefficient (Wildman–Crippen LogP) is 1.21. The Kier molecular flexibility index (Phi) is 1.08. The summed E-state index contributed by atoms with van der Waals surface area (Å²) in [5, 5.41) is 9.05. The van der Waals surface area contributed by atoms with E-state index in [2.05, 4.69) is 6.07 Å². The number of epoxide rings is 1. The predicted molar refractivity (Wildman–Crippen MR) is 45.4 cm³/mol. The standard InChI is InChI=1S/C9H10ClNO2/c1-7-3-9(10,4-11)8(2,13-7)6-5(7)12-6/h5-6H,3H2,1-2H3/t5-,6+,7+,8+,9-/m0/s1. The molecule has 3 aliphatic heterocycles. The molecule has 70 valence electrons. The quantitative estimate of drug-likeness (QED) is 0.435. The van der Waals surface area contributed by atoms with Crippen LogP contribution in [0.25, 0.3) is 0 Å². The topological polar surface area (TPSA) is 45.5 Å². The maximum Gasteiger partial charge on any atom is 0.164 e. The number of hydrogen-bond donors (Lipinski definition) is 0. The maximum absolute atomic E-state index is 9.05. The van der Waals surface area contributed by atoms with Gasteiger partial charge in [-0.05, 0) is 13.8 Å². The van der Waals surface area contributed by atoms with E-state index in [-0.39, 0.29) is 17.8 Å². The summed E-state index contributed by atoms with van der Waals surface area (Å²) in [5.74, 6) is 0. The van der Waals surface area contributed by atoms with E-state index in [4.69, 9.17) is 26.3 Å². The SMILES string of the molecule is C[C@]12C[C@](Cl)(C#N)[C@](C)(O1)[C@@H]1O[C@@H]12. The average molecular weight is 200 g/mol. The van der Waals surface area contributed by atoms with Crippen LogP contribution in [0.3, 0.4) is 0 Å². The van der Waals surface area contributed by atoms with Gasteiger partial charge in [0.1, 0.15) is 17.8 Å². The molecule has 0 spiro atoms. The summed E-state index contributed by atoms with van der Waals surface area (Å²) in [6.45, 7) is 3.86. The molecule has 3 aliphatic rings. The summed E-state index contributed by atoms with van der Waals surface area (Å²) in [7, 11) is 0. The van der Waals surface area contributed by atoms with Crippen LogP contribution in [0.5, 0.6) is 0 Å². The van der Waals surface area contributed by atoms with Crippen molar-refractivity contribution in [1.29, 1.82) is 5.26 Å². The number of halogens is 1. The van der Waals surface area contributed by atoms with E-state index in [0.29, 0.717) is 6.42 Å². The summed E-state index contributed by atoms with van der Waals surface area (Å²) in [4.78, 5) is -0.903. The van der Waals surface area contributed by atoms with Gasteiger partial charge in [0.25, 0.3) is 0 Å².